The molecule has 3 fully saturated rings. The van der Waals surface area contributed by atoms with Crippen molar-refractivity contribution in [2.45, 2.75) is 50.4 Å². The van der Waals surface area contributed by atoms with Gasteiger partial charge in [-0.15, -0.1) is 0 Å². The molecule has 0 amide bonds. The van der Waals surface area contributed by atoms with Crippen molar-refractivity contribution in [2.24, 2.45) is 17.8 Å². The molecule has 3 aromatic carbocycles. The molecule has 0 saturated heterocycles. The van der Waals surface area contributed by atoms with Crippen LogP contribution in [0.25, 0.3) is 21.9 Å². The van der Waals surface area contributed by atoms with Gasteiger partial charge < -0.3 is 10.2 Å². The van der Waals surface area contributed by atoms with Gasteiger partial charge in [-0.05, 0) is 114 Å². The van der Waals surface area contributed by atoms with Crippen LogP contribution in [0, 0.1) is 17.8 Å². The fourth-order valence-electron chi connectivity index (χ4n) is 7.10. The van der Waals surface area contributed by atoms with Gasteiger partial charge in [-0.1, -0.05) is 30.7 Å². The average molecular weight is 413 g/mol. The van der Waals surface area contributed by atoms with Gasteiger partial charge in [0.05, 0.1) is 5.56 Å². The van der Waals surface area contributed by atoms with Crippen LogP contribution in [0.3, 0.4) is 0 Å². The van der Waals surface area contributed by atoms with E-state index in [1.165, 1.54) is 44.9 Å². The number of aromatic hydroxyl groups is 1. The van der Waals surface area contributed by atoms with Crippen molar-refractivity contribution in [3.63, 3.8) is 0 Å². The van der Waals surface area contributed by atoms with E-state index in [-0.39, 0.29) is 5.41 Å². The second kappa shape index (κ2) is 6.85. The van der Waals surface area contributed by atoms with Crippen LogP contribution in [-0.2, 0) is 5.41 Å². The maximum Gasteiger partial charge on any atom is 0.335 e. The number of carboxylic acid groups (broad SMARTS) is 1. The molecule has 3 aliphatic carbocycles. The fourth-order valence-corrected chi connectivity index (χ4v) is 7.10. The van der Waals surface area contributed by atoms with E-state index >= 15 is 0 Å². The first kappa shape index (κ1) is 18.9. The normalized spacial score (nSPS) is 29.2. The summed E-state index contributed by atoms with van der Waals surface area (Å²) in [7, 11) is 0. The molecular weight excluding hydrogens is 384 g/mol. The van der Waals surface area contributed by atoms with Crippen LogP contribution in [0.5, 0.6) is 5.75 Å². The predicted octanol–water partition coefficient (Wildman–Crippen LogP) is 6.77. The molecule has 6 rings (SSSR count). The van der Waals surface area contributed by atoms with E-state index in [0.717, 1.165) is 45.2 Å². The minimum Gasteiger partial charge on any atom is -0.508 e. The lowest BCUT2D eigenvalue weighted by molar-refractivity contribution is 0.00873. The maximum absolute atomic E-state index is 11.3. The molecule has 0 aliphatic heterocycles. The van der Waals surface area contributed by atoms with Gasteiger partial charge in [0.1, 0.15) is 5.75 Å². The number of hydrogen-bond acceptors (Lipinski definition) is 2. The molecule has 158 valence electrons. The number of benzene rings is 3. The van der Waals surface area contributed by atoms with Crippen LogP contribution >= 0.6 is 0 Å². The molecule has 0 heterocycles. The minimum absolute atomic E-state index is 0.137. The van der Waals surface area contributed by atoms with Crippen molar-refractivity contribution in [3.05, 3.63) is 65.7 Å². The summed E-state index contributed by atoms with van der Waals surface area (Å²) < 4.78 is 0. The summed E-state index contributed by atoms with van der Waals surface area (Å²) in [6.45, 7) is 0. The van der Waals surface area contributed by atoms with Crippen LogP contribution in [-0.4, -0.2) is 16.2 Å². The highest BCUT2D eigenvalue weighted by Crippen LogP contribution is 2.60. The highest BCUT2D eigenvalue weighted by Gasteiger charge is 2.50. The Bertz CT molecular complexity index is 1190. The van der Waals surface area contributed by atoms with E-state index < -0.39 is 5.97 Å². The Kier molecular flexibility index (Phi) is 4.18. The molecule has 4 unspecified atom stereocenters. The second-order valence-corrected chi connectivity index (χ2v) is 10.2. The van der Waals surface area contributed by atoms with Crippen molar-refractivity contribution >= 4 is 16.7 Å². The van der Waals surface area contributed by atoms with Gasteiger partial charge in [-0.25, -0.2) is 4.79 Å². The van der Waals surface area contributed by atoms with Crippen molar-refractivity contribution in [3.8, 4) is 16.9 Å². The number of aromatic carboxylic acids is 1. The molecule has 31 heavy (non-hydrogen) atoms. The van der Waals surface area contributed by atoms with Gasteiger partial charge in [-0.3, -0.25) is 0 Å². The molecular formula is C28H28O3. The summed E-state index contributed by atoms with van der Waals surface area (Å²) in [4.78, 5) is 11.3. The Morgan fingerprint density at radius 1 is 0.839 bits per heavy atom. The number of fused-ring (bicyclic) bond motifs is 3. The summed E-state index contributed by atoms with van der Waals surface area (Å²) in [6.07, 6.45) is 9.16. The van der Waals surface area contributed by atoms with E-state index in [1.807, 2.05) is 24.3 Å². The summed E-state index contributed by atoms with van der Waals surface area (Å²) in [6, 6.07) is 17.6. The first-order valence-electron chi connectivity index (χ1n) is 11.6. The maximum atomic E-state index is 11.3. The molecule has 3 saturated carbocycles. The van der Waals surface area contributed by atoms with Crippen molar-refractivity contribution in [1.29, 1.82) is 0 Å². The first-order valence-corrected chi connectivity index (χ1v) is 11.6. The first-order chi connectivity index (χ1) is 15.0. The highest BCUT2D eigenvalue weighted by molar-refractivity contribution is 5.95. The molecule has 3 bridgehead atoms. The largest absolute Gasteiger partial charge is 0.508 e. The zero-order valence-corrected chi connectivity index (χ0v) is 17.7. The van der Waals surface area contributed by atoms with E-state index in [0.29, 0.717) is 11.3 Å². The fraction of sp³-hybridized carbons (Fsp3) is 0.393. The third kappa shape index (κ3) is 3.05. The molecule has 4 atom stereocenters. The SMILES string of the molecule is O=C(O)c1ccc2cc(-c3ccc(O)c(C45CCC6CCC(CC6C4)C5)c3)ccc2c1. The average Bonchev–Trinajstić information content (AvgIpc) is 2.77. The van der Waals surface area contributed by atoms with Gasteiger partial charge in [0.2, 0.25) is 0 Å². The van der Waals surface area contributed by atoms with Crippen LogP contribution in [0.15, 0.2) is 54.6 Å². The number of hydrogen-bond donors (Lipinski definition) is 2. The van der Waals surface area contributed by atoms with Crippen LogP contribution < -0.4 is 0 Å². The third-order valence-corrected chi connectivity index (χ3v) is 8.56. The monoisotopic (exact) mass is 412 g/mol. The number of carbonyl (C=O) groups is 1. The van der Waals surface area contributed by atoms with Crippen LogP contribution in [0.2, 0.25) is 0 Å². The smallest absolute Gasteiger partial charge is 0.335 e. The lowest BCUT2D eigenvalue weighted by Gasteiger charge is -2.55. The van der Waals surface area contributed by atoms with Gasteiger partial charge in [-0.2, -0.15) is 0 Å². The summed E-state index contributed by atoms with van der Waals surface area (Å²) in [5, 5.41) is 22.1. The Labute approximate surface area is 182 Å². The van der Waals surface area contributed by atoms with Gasteiger partial charge in [0.15, 0.2) is 0 Å². The second-order valence-electron chi connectivity index (χ2n) is 10.2. The highest BCUT2D eigenvalue weighted by atomic mass is 16.4. The summed E-state index contributed by atoms with van der Waals surface area (Å²) >= 11 is 0. The lowest BCUT2D eigenvalue weighted by atomic mass is 9.50. The standard InChI is InChI=1S/C28H28O3/c29-26-8-7-22(20-3-4-21-13-23(27(30)31)6-5-19(21)12-20)14-25(26)28-10-9-18-2-1-17(15-28)11-24(18)16-28/h3-8,12-14,17-18,24,29H,1-2,9-11,15-16H2,(H,30,31). The molecule has 3 nitrogen and oxygen atoms in total. The molecule has 3 heteroatoms. The number of rotatable bonds is 3. The Hall–Kier alpha value is -2.81. The van der Waals surface area contributed by atoms with Gasteiger partial charge in [0.25, 0.3) is 0 Å². The molecule has 0 radical (unpaired) electrons. The number of carboxylic acids is 1. The topological polar surface area (TPSA) is 57.5 Å². The van der Waals surface area contributed by atoms with E-state index in [1.54, 1.807) is 12.1 Å². The molecule has 0 spiro atoms. The van der Waals surface area contributed by atoms with Crippen LogP contribution in [0.1, 0.15) is 60.9 Å². The zero-order valence-electron chi connectivity index (χ0n) is 17.7. The Morgan fingerprint density at radius 2 is 1.61 bits per heavy atom. The summed E-state index contributed by atoms with van der Waals surface area (Å²) in [5.41, 5.74) is 3.84. The van der Waals surface area contributed by atoms with Gasteiger partial charge in [0, 0.05) is 5.56 Å². The van der Waals surface area contributed by atoms with E-state index in [4.69, 9.17) is 0 Å². The molecule has 0 aromatic heterocycles. The molecule has 2 N–H and O–H groups in total. The molecule has 3 aromatic rings. The number of phenolic OH excluding ortho intramolecular Hbond substituents is 1. The number of phenols is 1. The molecule has 3 aliphatic rings. The van der Waals surface area contributed by atoms with Crippen LogP contribution in [0.4, 0.5) is 0 Å². The quantitative estimate of drug-likeness (QED) is 0.499. The Morgan fingerprint density at radius 3 is 2.48 bits per heavy atom. The van der Waals surface area contributed by atoms with Crippen molar-refractivity contribution in [2.75, 3.05) is 0 Å². The van der Waals surface area contributed by atoms with Crippen molar-refractivity contribution in [1.82, 2.24) is 0 Å². The predicted molar refractivity (Wildman–Crippen MR) is 122 cm³/mol. The summed E-state index contributed by atoms with van der Waals surface area (Å²) in [5.74, 6) is 2.12. The third-order valence-electron chi connectivity index (χ3n) is 8.56. The Balaban J connectivity index is 1.40. The lowest BCUT2D eigenvalue weighted by Crippen LogP contribution is -2.46. The van der Waals surface area contributed by atoms with E-state index in [9.17, 15) is 15.0 Å². The van der Waals surface area contributed by atoms with E-state index in [2.05, 4.69) is 18.2 Å². The zero-order chi connectivity index (χ0) is 21.2. The van der Waals surface area contributed by atoms with Gasteiger partial charge >= 0.3 is 5.97 Å². The minimum atomic E-state index is -0.902. The van der Waals surface area contributed by atoms with Crippen molar-refractivity contribution < 1.29 is 15.0 Å².